The second-order valence-electron chi connectivity index (χ2n) is 22.5. The molecule has 0 amide bonds. The van der Waals surface area contributed by atoms with E-state index in [2.05, 4.69) is 233 Å². The predicted molar refractivity (Wildman–Crippen MR) is 273 cm³/mol. The first-order valence-corrected chi connectivity index (χ1v) is 22.9. The van der Waals surface area contributed by atoms with E-state index in [1.807, 2.05) is 0 Å². The van der Waals surface area contributed by atoms with Crippen molar-refractivity contribution in [2.75, 3.05) is 9.80 Å². The van der Waals surface area contributed by atoms with Crippen molar-refractivity contribution >= 4 is 79.2 Å². The fourth-order valence-corrected chi connectivity index (χ4v) is 9.97. The summed E-state index contributed by atoms with van der Waals surface area (Å²) in [6.07, 6.45) is 0. The molecule has 4 heteroatoms. The summed E-state index contributed by atoms with van der Waals surface area (Å²) in [6.45, 7) is 29.9. The van der Waals surface area contributed by atoms with E-state index in [1.54, 1.807) is 0 Å². The molecule has 7 aromatic carbocycles. The van der Waals surface area contributed by atoms with E-state index in [-0.39, 0.29) is 28.4 Å². The van der Waals surface area contributed by atoms with Gasteiger partial charge in [-0.15, -0.1) is 0 Å². The molecule has 0 saturated carbocycles. The highest BCUT2D eigenvalue weighted by atomic mass is 16.3. The Bertz CT molecular complexity index is 3100. The zero-order valence-electron chi connectivity index (χ0n) is 39.6. The summed E-state index contributed by atoms with van der Waals surface area (Å²) in [4.78, 5) is 5.07. The molecule has 0 aliphatic carbocycles. The zero-order chi connectivity index (χ0) is 44.5. The van der Waals surface area contributed by atoms with Crippen LogP contribution in [0.2, 0.25) is 0 Å². The summed E-state index contributed by atoms with van der Waals surface area (Å²) in [5.74, 6) is 0. The molecule has 0 fully saturated rings. The maximum Gasteiger partial charge on any atom is 0.252 e. The largest absolute Gasteiger partial charge is 0.456 e. The standard InChI is InChI=1S/C59H61BN2O/c1-36-30-51-55-52(31-36)62(44-24-17-39(18-25-44)56(2,3)4)50-29-21-41(58(8,9)10)34-48(50)60(55)47-33-40(57(5,6)7)20-28-49(47)61(51)43-22-14-37(15-23-43)38-16-26-45-46-27-19-42(59(11,12)13)35-54(46)63-53(45)32-38/h14-35H,1-13H3. The summed E-state index contributed by atoms with van der Waals surface area (Å²) >= 11 is 0. The van der Waals surface area contributed by atoms with Gasteiger partial charge >= 0.3 is 0 Å². The number of benzene rings is 7. The van der Waals surface area contributed by atoms with Crippen LogP contribution in [0, 0.1) is 6.92 Å². The molecule has 1 aromatic heterocycles. The van der Waals surface area contributed by atoms with Gasteiger partial charge in [-0.3, -0.25) is 0 Å². The molecule has 0 N–H and O–H groups in total. The van der Waals surface area contributed by atoms with Crippen LogP contribution in [0.5, 0.6) is 0 Å². The number of fused-ring (bicyclic) bond motifs is 7. The van der Waals surface area contributed by atoms with Crippen LogP contribution in [0.4, 0.5) is 34.1 Å². The second-order valence-corrected chi connectivity index (χ2v) is 22.5. The molecule has 10 rings (SSSR count). The molecule has 63 heavy (non-hydrogen) atoms. The van der Waals surface area contributed by atoms with Crippen molar-refractivity contribution < 1.29 is 4.42 Å². The number of nitrogens with zero attached hydrogens (tertiary/aromatic N) is 2. The predicted octanol–water partition coefficient (Wildman–Crippen LogP) is 14.8. The van der Waals surface area contributed by atoms with Crippen LogP contribution in [0.15, 0.2) is 138 Å². The lowest BCUT2D eigenvalue weighted by atomic mass is 9.33. The topological polar surface area (TPSA) is 19.6 Å². The van der Waals surface area contributed by atoms with E-state index in [1.165, 1.54) is 72.6 Å². The highest BCUT2D eigenvalue weighted by Gasteiger charge is 2.44. The molecule has 0 saturated heterocycles. The summed E-state index contributed by atoms with van der Waals surface area (Å²) in [5, 5.41) is 2.32. The number of hydrogen-bond donors (Lipinski definition) is 0. The van der Waals surface area contributed by atoms with Crippen LogP contribution in [0.3, 0.4) is 0 Å². The average Bonchev–Trinajstić information content (AvgIpc) is 3.59. The molecule has 3 nitrogen and oxygen atoms in total. The molecular weight excluding hydrogens is 763 g/mol. The first-order chi connectivity index (χ1) is 29.6. The maximum atomic E-state index is 6.53. The maximum absolute atomic E-state index is 6.53. The Hall–Kier alpha value is -6.00. The highest BCUT2D eigenvalue weighted by Crippen LogP contribution is 2.46. The minimum atomic E-state index is -0.0146. The van der Waals surface area contributed by atoms with Crippen molar-refractivity contribution in [2.45, 2.75) is 112 Å². The van der Waals surface area contributed by atoms with Crippen molar-refractivity contribution in [1.29, 1.82) is 0 Å². The van der Waals surface area contributed by atoms with Crippen molar-refractivity contribution in [3.8, 4) is 11.1 Å². The Morgan fingerprint density at radius 3 is 1.27 bits per heavy atom. The normalized spacial score (nSPS) is 14.0. The van der Waals surface area contributed by atoms with Gasteiger partial charge in [-0.1, -0.05) is 150 Å². The Morgan fingerprint density at radius 1 is 0.381 bits per heavy atom. The number of furan rings is 1. The number of rotatable bonds is 3. The van der Waals surface area contributed by atoms with Gasteiger partial charge in [-0.05, 0) is 151 Å². The molecule has 0 unspecified atom stereocenters. The molecule has 0 radical (unpaired) electrons. The van der Waals surface area contributed by atoms with Crippen LogP contribution in [-0.2, 0) is 21.7 Å². The van der Waals surface area contributed by atoms with Crippen molar-refractivity contribution in [3.63, 3.8) is 0 Å². The quantitative estimate of drug-likeness (QED) is 0.166. The van der Waals surface area contributed by atoms with Crippen LogP contribution < -0.4 is 26.2 Å². The molecule has 3 heterocycles. The van der Waals surface area contributed by atoms with Gasteiger partial charge in [0.25, 0.3) is 6.71 Å². The minimum absolute atomic E-state index is 0.00609. The Morgan fingerprint density at radius 2 is 0.778 bits per heavy atom. The molecular formula is C59H61BN2O. The molecule has 8 aromatic rings. The highest BCUT2D eigenvalue weighted by molar-refractivity contribution is 7.00. The van der Waals surface area contributed by atoms with Gasteiger partial charge in [0.2, 0.25) is 0 Å². The van der Waals surface area contributed by atoms with Gasteiger partial charge in [0.05, 0.1) is 0 Å². The van der Waals surface area contributed by atoms with Crippen molar-refractivity contribution in [2.24, 2.45) is 0 Å². The van der Waals surface area contributed by atoms with E-state index in [0.717, 1.165) is 38.8 Å². The SMILES string of the molecule is Cc1cc2c3c(c1)N(c1ccc(C(C)(C)C)cc1)c1ccc(C(C)(C)C)cc1B3c1cc(C(C)(C)C)ccc1N2c1ccc(-c2ccc3c(c2)oc2cc(C(C)(C)C)ccc23)cc1. The summed E-state index contributed by atoms with van der Waals surface area (Å²) in [5.41, 5.74) is 22.2. The third kappa shape index (κ3) is 6.89. The van der Waals surface area contributed by atoms with E-state index in [9.17, 15) is 0 Å². The molecule has 0 atom stereocenters. The lowest BCUT2D eigenvalue weighted by Crippen LogP contribution is -2.61. The summed E-state index contributed by atoms with van der Waals surface area (Å²) in [7, 11) is 0. The first kappa shape index (κ1) is 41.0. The van der Waals surface area contributed by atoms with E-state index >= 15 is 0 Å². The monoisotopic (exact) mass is 824 g/mol. The Balaban J connectivity index is 1.15. The van der Waals surface area contributed by atoms with Crippen LogP contribution in [-0.4, -0.2) is 6.71 Å². The fraction of sp³-hybridized carbons (Fsp3) is 0.288. The van der Waals surface area contributed by atoms with Crippen molar-refractivity contribution in [3.05, 3.63) is 161 Å². The Kier molecular flexibility index (Phi) is 9.12. The van der Waals surface area contributed by atoms with Gasteiger partial charge in [0.15, 0.2) is 0 Å². The number of anilines is 6. The lowest BCUT2D eigenvalue weighted by molar-refractivity contribution is 0.587. The molecule has 0 spiro atoms. The van der Waals surface area contributed by atoms with Gasteiger partial charge < -0.3 is 14.2 Å². The van der Waals surface area contributed by atoms with E-state index < -0.39 is 0 Å². The number of aryl methyl sites for hydroxylation is 1. The van der Waals surface area contributed by atoms with E-state index in [0.29, 0.717) is 0 Å². The van der Waals surface area contributed by atoms with Gasteiger partial charge in [0.1, 0.15) is 11.2 Å². The second kappa shape index (κ2) is 14.0. The molecule has 316 valence electrons. The van der Waals surface area contributed by atoms with Crippen LogP contribution in [0.1, 0.15) is 111 Å². The van der Waals surface area contributed by atoms with Gasteiger partial charge in [-0.2, -0.15) is 0 Å². The van der Waals surface area contributed by atoms with Gasteiger partial charge in [0, 0.05) is 44.9 Å². The molecule has 2 aliphatic rings. The van der Waals surface area contributed by atoms with Crippen molar-refractivity contribution in [1.82, 2.24) is 0 Å². The third-order valence-electron chi connectivity index (χ3n) is 13.7. The van der Waals surface area contributed by atoms with Crippen LogP contribution in [0.25, 0.3) is 33.1 Å². The average molecular weight is 825 g/mol. The minimum Gasteiger partial charge on any atom is -0.456 e. The molecule has 2 aliphatic heterocycles. The summed E-state index contributed by atoms with van der Waals surface area (Å²) in [6, 6.07) is 51.2. The van der Waals surface area contributed by atoms with Gasteiger partial charge in [-0.25, -0.2) is 0 Å². The zero-order valence-corrected chi connectivity index (χ0v) is 39.6. The lowest BCUT2D eigenvalue weighted by Gasteiger charge is -2.45. The fourth-order valence-electron chi connectivity index (χ4n) is 9.97. The first-order valence-electron chi connectivity index (χ1n) is 22.9. The smallest absolute Gasteiger partial charge is 0.252 e. The van der Waals surface area contributed by atoms with E-state index in [4.69, 9.17) is 4.42 Å². The van der Waals surface area contributed by atoms with Crippen LogP contribution >= 0.6 is 0 Å². The summed E-state index contributed by atoms with van der Waals surface area (Å²) < 4.78 is 6.53. The molecule has 0 bridgehead atoms. The number of hydrogen-bond acceptors (Lipinski definition) is 3. The third-order valence-corrected chi connectivity index (χ3v) is 13.7. The Labute approximate surface area is 375 Å².